The molecule has 0 aromatic heterocycles. The molecule has 0 aliphatic carbocycles. The summed E-state index contributed by atoms with van der Waals surface area (Å²) < 4.78 is 24.6. The number of methoxy groups -OCH3 is 1. The Morgan fingerprint density at radius 3 is 2.44 bits per heavy atom. The van der Waals surface area contributed by atoms with E-state index >= 15 is 0 Å². The Bertz CT molecular complexity index is 764. The van der Waals surface area contributed by atoms with Crippen LogP contribution in [0.3, 0.4) is 0 Å². The smallest absolute Gasteiger partial charge is 0.252 e. The van der Waals surface area contributed by atoms with E-state index in [1.165, 1.54) is 18.2 Å². The largest absolute Gasteiger partial charge is 0.493 e. The third-order valence-electron chi connectivity index (χ3n) is 3.57. The number of hydrogen-bond donors (Lipinski definition) is 1. The van der Waals surface area contributed by atoms with Gasteiger partial charge in [-0.2, -0.15) is 0 Å². The minimum atomic E-state index is -0.401. The van der Waals surface area contributed by atoms with Gasteiger partial charge >= 0.3 is 0 Å². The van der Waals surface area contributed by atoms with Gasteiger partial charge in [-0.15, -0.1) is 0 Å². The molecule has 6 heteroatoms. The molecule has 25 heavy (non-hydrogen) atoms. The van der Waals surface area contributed by atoms with Crippen molar-refractivity contribution in [3.8, 4) is 11.5 Å². The van der Waals surface area contributed by atoms with Gasteiger partial charge in [0.15, 0.2) is 11.5 Å². The second kappa shape index (κ2) is 8.34. The lowest BCUT2D eigenvalue weighted by Crippen LogP contribution is -2.27. The Balaban J connectivity index is 2.17. The third-order valence-corrected chi connectivity index (χ3v) is 4.23. The van der Waals surface area contributed by atoms with Crippen LogP contribution in [0, 0.1) is 5.82 Å². The standard InChI is InChI=1S/C19H21BrFNO3/c1-11(2)25-17-8-5-13(9-18(17)24-4)12(3)22-19(23)15-7-6-14(21)10-16(15)20/h5-12H,1-4H3,(H,22,23). The number of benzene rings is 2. The van der Waals surface area contributed by atoms with E-state index in [1.807, 2.05) is 39.0 Å². The lowest BCUT2D eigenvalue weighted by molar-refractivity contribution is 0.0939. The van der Waals surface area contributed by atoms with E-state index in [1.54, 1.807) is 7.11 Å². The molecule has 0 saturated heterocycles. The van der Waals surface area contributed by atoms with Crippen molar-refractivity contribution in [1.82, 2.24) is 5.32 Å². The summed E-state index contributed by atoms with van der Waals surface area (Å²) >= 11 is 3.21. The second-order valence-electron chi connectivity index (χ2n) is 5.90. The highest BCUT2D eigenvalue weighted by atomic mass is 79.9. The molecule has 0 spiro atoms. The molecule has 2 rings (SSSR count). The highest BCUT2D eigenvalue weighted by Gasteiger charge is 2.16. The first-order valence-electron chi connectivity index (χ1n) is 7.92. The van der Waals surface area contributed by atoms with E-state index < -0.39 is 5.82 Å². The fourth-order valence-electron chi connectivity index (χ4n) is 2.34. The molecule has 0 bridgehead atoms. The van der Waals surface area contributed by atoms with Crippen molar-refractivity contribution in [3.05, 3.63) is 57.8 Å². The van der Waals surface area contributed by atoms with E-state index in [9.17, 15) is 9.18 Å². The van der Waals surface area contributed by atoms with Crippen LogP contribution in [0.25, 0.3) is 0 Å². The second-order valence-corrected chi connectivity index (χ2v) is 6.75. The van der Waals surface area contributed by atoms with Crippen LogP contribution in [0.4, 0.5) is 4.39 Å². The van der Waals surface area contributed by atoms with Crippen LogP contribution in [0.2, 0.25) is 0 Å². The zero-order chi connectivity index (χ0) is 18.6. The first-order valence-corrected chi connectivity index (χ1v) is 8.71. The summed E-state index contributed by atoms with van der Waals surface area (Å²) in [5.74, 6) is 0.569. The predicted octanol–water partition coefficient (Wildman–Crippen LogP) is 4.88. The molecule has 1 N–H and O–H groups in total. The molecule has 2 aromatic rings. The molecule has 1 unspecified atom stereocenters. The summed E-state index contributed by atoms with van der Waals surface area (Å²) in [7, 11) is 1.57. The van der Waals surface area contributed by atoms with Crippen molar-refractivity contribution in [2.45, 2.75) is 32.9 Å². The number of amides is 1. The maximum absolute atomic E-state index is 13.2. The van der Waals surface area contributed by atoms with Crippen LogP contribution in [-0.2, 0) is 0 Å². The van der Waals surface area contributed by atoms with Crippen LogP contribution >= 0.6 is 15.9 Å². The molecule has 0 saturated carbocycles. The number of carbonyl (C=O) groups excluding carboxylic acids is 1. The average Bonchev–Trinajstić information content (AvgIpc) is 2.54. The topological polar surface area (TPSA) is 47.6 Å². The lowest BCUT2D eigenvalue weighted by Gasteiger charge is -2.18. The molecule has 1 amide bonds. The number of ether oxygens (including phenoxy) is 2. The van der Waals surface area contributed by atoms with Crippen molar-refractivity contribution in [2.24, 2.45) is 0 Å². The van der Waals surface area contributed by atoms with E-state index in [-0.39, 0.29) is 18.1 Å². The maximum atomic E-state index is 13.2. The summed E-state index contributed by atoms with van der Waals surface area (Å²) in [6.45, 7) is 5.75. The molecular weight excluding hydrogens is 389 g/mol. The molecular formula is C19H21BrFNO3. The van der Waals surface area contributed by atoms with Crippen LogP contribution in [-0.4, -0.2) is 19.1 Å². The van der Waals surface area contributed by atoms with Gasteiger partial charge in [-0.1, -0.05) is 6.07 Å². The maximum Gasteiger partial charge on any atom is 0.252 e. The molecule has 2 aromatic carbocycles. The van der Waals surface area contributed by atoms with Crippen molar-refractivity contribution >= 4 is 21.8 Å². The average molecular weight is 410 g/mol. The number of halogens is 2. The van der Waals surface area contributed by atoms with Gasteiger partial charge < -0.3 is 14.8 Å². The highest BCUT2D eigenvalue weighted by Crippen LogP contribution is 2.31. The fraction of sp³-hybridized carbons (Fsp3) is 0.316. The quantitative estimate of drug-likeness (QED) is 0.739. The number of rotatable bonds is 6. The fourth-order valence-corrected chi connectivity index (χ4v) is 2.87. The summed E-state index contributed by atoms with van der Waals surface area (Å²) in [4.78, 5) is 12.4. The van der Waals surface area contributed by atoms with Crippen molar-refractivity contribution in [1.29, 1.82) is 0 Å². The van der Waals surface area contributed by atoms with Gasteiger partial charge in [0.25, 0.3) is 5.91 Å². The minimum Gasteiger partial charge on any atom is -0.493 e. The van der Waals surface area contributed by atoms with Gasteiger partial charge in [0.1, 0.15) is 5.82 Å². The molecule has 0 aliphatic rings. The molecule has 0 radical (unpaired) electrons. The zero-order valence-corrected chi connectivity index (χ0v) is 16.2. The molecule has 0 aliphatic heterocycles. The normalized spacial score (nSPS) is 12.0. The van der Waals surface area contributed by atoms with E-state index in [4.69, 9.17) is 9.47 Å². The molecule has 0 fully saturated rings. The number of carbonyl (C=O) groups is 1. The molecule has 134 valence electrons. The van der Waals surface area contributed by atoms with Crippen LogP contribution in [0.15, 0.2) is 40.9 Å². The van der Waals surface area contributed by atoms with E-state index in [0.717, 1.165) is 5.56 Å². The Morgan fingerprint density at radius 1 is 1.12 bits per heavy atom. The Kier molecular flexibility index (Phi) is 6.42. The molecule has 1 atom stereocenters. The Labute approximate surface area is 155 Å². The predicted molar refractivity (Wildman–Crippen MR) is 98.7 cm³/mol. The van der Waals surface area contributed by atoms with Gasteiger partial charge in [-0.05, 0) is 72.6 Å². The van der Waals surface area contributed by atoms with E-state index in [0.29, 0.717) is 21.5 Å². The van der Waals surface area contributed by atoms with E-state index in [2.05, 4.69) is 21.2 Å². The Morgan fingerprint density at radius 2 is 1.84 bits per heavy atom. The van der Waals surface area contributed by atoms with Crippen molar-refractivity contribution in [2.75, 3.05) is 7.11 Å². The van der Waals surface area contributed by atoms with Crippen molar-refractivity contribution < 1.29 is 18.7 Å². The van der Waals surface area contributed by atoms with Crippen LogP contribution in [0.1, 0.15) is 42.7 Å². The molecule has 4 nitrogen and oxygen atoms in total. The Hall–Kier alpha value is -2.08. The number of hydrogen-bond acceptors (Lipinski definition) is 3. The third kappa shape index (κ3) is 4.95. The zero-order valence-electron chi connectivity index (χ0n) is 14.6. The van der Waals surface area contributed by atoms with Crippen LogP contribution < -0.4 is 14.8 Å². The lowest BCUT2D eigenvalue weighted by atomic mass is 10.1. The highest BCUT2D eigenvalue weighted by molar-refractivity contribution is 9.10. The van der Waals surface area contributed by atoms with Gasteiger partial charge in [-0.3, -0.25) is 4.79 Å². The number of nitrogens with one attached hydrogen (secondary N) is 1. The molecule has 0 heterocycles. The first kappa shape index (κ1) is 19.2. The summed E-state index contributed by atoms with van der Waals surface area (Å²) in [6, 6.07) is 9.25. The summed E-state index contributed by atoms with van der Waals surface area (Å²) in [5.41, 5.74) is 1.25. The van der Waals surface area contributed by atoms with Gasteiger partial charge in [-0.25, -0.2) is 4.39 Å². The van der Waals surface area contributed by atoms with Gasteiger partial charge in [0, 0.05) is 4.47 Å². The van der Waals surface area contributed by atoms with Crippen molar-refractivity contribution in [3.63, 3.8) is 0 Å². The van der Waals surface area contributed by atoms with Crippen LogP contribution in [0.5, 0.6) is 11.5 Å². The SMILES string of the molecule is COc1cc(C(C)NC(=O)c2ccc(F)cc2Br)ccc1OC(C)C. The monoisotopic (exact) mass is 409 g/mol. The van der Waals surface area contributed by atoms with Gasteiger partial charge in [0.05, 0.1) is 24.8 Å². The summed E-state index contributed by atoms with van der Waals surface area (Å²) in [6.07, 6.45) is 0.0349. The first-order chi connectivity index (χ1) is 11.8. The minimum absolute atomic E-state index is 0.0349. The van der Waals surface area contributed by atoms with Gasteiger partial charge in [0.2, 0.25) is 0 Å². The summed E-state index contributed by atoms with van der Waals surface area (Å²) in [5, 5.41) is 2.90.